The number of thioether (sulfide) groups is 1. The number of benzene rings is 2. The van der Waals surface area contributed by atoms with Gasteiger partial charge in [-0.25, -0.2) is 4.57 Å². The van der Waals surface area contributed by atoms with E-state index in [2.05, 4.69) is 20.8 Å². The van der Waals surface area contributed by atoms with E-state index in [0.717, 1.165) is 35.3 Å². The first kappa shape index (κ1) is 23.3. The third kappa shape index (κ3) is 3.68. The molecule has 0 saturated heterocycles. The number of anilines is 1. The predicted octanol–water partition coefficient (Wildman–Crippen LogP) is 4.26. The summed E-state index contributed by atoms with van der Waals surface area (Å²) in [7, 11) is 1.59. The summed E-state index contributed by atoms with van der Waals surface area (Å²) in [6.07, 6.45) is 4.10. The summed E-state index contributed by atoms with van der Waals surface area (Å²) in [6.45, 7) is 0. The summed E-state index contributed by atoms with van der Waals surface area (Å²) >= 11 is 3.20. The lowest BCUT2D eigenvalue weighted by atomic mass is 9.95. The van der Waals surface area contributed by atoms with Crippen LogP contribution >= 0.6 is 23.1 Å². The highest BCUT2D eigenvalue weighted by molar-refractivity contribution is 7.99. The molecule has 1 unspecified atom stereocenters. The molecule has 9 nitrogen and oxygen atoms in total. The van der Waals surface area contributed by atoms with Gasteiger partial charge in [0.25, 0.3) is 11.5 Å². The van der Waals surface area contributed by atoms with Gasteiger partial charge >= 0.3 is 0 Å². The van der Waals surface area contributed by atoms with Crippen LogP contribution in [-0.4, -0.2) is 44.1 Å². The fourth-order valence-electron chi connectivity index (χ4n) is 5.33. The number of fused-ring (bicyclic) bond motifs is 6. The Morgan fingerprint density at radius 1 is 1.08 bits per heavy atom. The van der Waals surface area contributed by atoms with Crippen molar-refractivity contribution in [3.05, 3.63) is 74.9 Å². The number of carbonyl (C=O) groups excluding carboxylic acids is 1. The Hall–Kier alpha value is -3.83. The van der Waals surface area contributed by atoms with Crippen LogP contribution in [0.15, 0.2) is 58.5 Å². The number of amides is 1. The van der Waals surface area contributed by atoms with Crippen molar-refractivity contribution in [3.8, 4) is 11.4 Å². The number of thiophene rings is 1. The monoisotopic (exact) mass is 544 g/mol. The standard InChI is InChI=1S/C27H24N6O3S2/c1-36-16-8-6-7-15(13-16)32-25(35)17-9-2-4-11-19(17)33-26(32)30-31-27(33)37-14-21-28-23(34)22-18-10-3-5-12-20(18)38-24(22)29-21/h2,4,6-9,11,13,21,29H,3,5,10,12,14H2,1H3,(H,28,34). The largest absolute Gasteiger partial charge is 0.497 e. The minimum absolute atomic E-state index is 0.00725. The molecule has 4 heterocycles. The number of methoxy groups -OCH3 is 1. The molecule has 0 spiro atoms. The van der Waals surface area contributed by atoms with Gasteiger partial charge in [-0.15, -0.1) is 21.5 Å². The van der Waals surface area contributed by atoms with Gasteiger partial charge in [-0.05, 0) is 55.5 Å². The molecule has 2 aliphatic rings. The van der Waals surface area contributed by atoms with Crippen molar-refractivity contribution < 1.29 is 9.53 Å². The second-order valence-electron chi connectivity index (χ2n) is 9.37. The summed E-state index contributed by atoms with van der Waals surface area (Å²) < 4.78 is 8.85. The maximum Gasteiger partial charge on any atom is 0.267 e. The number of rotatable bonds is 5. The minimum Gasteiger partial charge on any atom is -0.497 e. The second-order valence-corrected chi connectivity index (χ2v) is 11.5. The van der Waals surface area contributed by atoms with Crippen molar-refractivity contribution in [2.24, 2.45) is 0 Å². The quantitative estimate of drug-likeness (QED) is 0.319. The Labute approximate surface area is 225 Å². The van der Waals surface area contributed by atoms with Gasteiger partial charge in [-0.3, -0.25) is 14.0 Å². The normalized spacial score (nSPS) is 16.7. The van der Waals surface area contributed by atoms with Crippen LogP contribution in [0.2, 0.25) is 0 Å². The van der Waals surface area contributed by atoms with E-state index < -0.39 is 0 Å². The summed E-state index contributed by atoms with van der Waals surface area (Å²) in [6, 6.07) is 14.8. The van der Waals surface area contributed by atoms with E-state index in [0.29, 0.717) is 33.5 Å². The molecule has 38 heavy (non-hydrogen) atoms. The van der Waals surface area contributed by atoms with Crippen molar-refractivity contribution in [3.63, 3.8) is 0 Å². The van der Waals surface area contributed by atoms with Gasteiger partial charge in [0.15, 0.2) is 5.16 Å². The third-order valence-electron chi connectivity index (χ3n) is 7.09. The van der Waals surface area contributed by atoms with Crippen molar-refractivity contribution in [2.45, 2.75) is 37.0 Å². The molecule has 0 radical (unpaired) electrons. The zero-order valence-corrected chi connectivity index (χ0v) is 22.2. The van der Waals surface area contributed by atoms with E-state index in [1.807, 2.05) is 46.9 Å². The lowest BCUT2D eigenvalue weighted by molar-refractivity contribution is 0.0939. The fourth-order valence-corrected chi connectivity index (χ4v) is 7.56. The van der Waals surface area contributed by atoms with E-state index >= 15 is 0 Å². The maximum atomic E-state index is 13.6. The number of nitrogens with zero attached hydrogens (tertiary/aromatic N) is 4. The van der Waals surface area contributed by atoms with Crippen LogP contribution in [0, 0.1) is 0 Å². The number of hydrogen-bond donors (Lipinski definition) is 2. The number of carbonyl (C=O) groups is 1. The minimum atomic E-state index is -0.247. The molecule has 0 saturated carbocycles. The molecule has 3 aromatic heterocycles. The molecule has 7 rings (SSSR count). The lowest BCUT2D eigenvalue weighted by Crippen LogP contribution is -2.46. The lowest BCUT2D eigenvalue weighted by Gasteiger charge is -2.26. The number of aromatic nitrogens is 4. The molecule has 2 N–H and O–H groups in total. The Bertz CT molecular complexity index is 1790. The van der Waals surface area contributed by atoms with Crippen molar-refractivity contribution in [1.82, 2.24) is 24.5 Å². The Kier molecular flexibility index (Phi) is 5.62. The van der Waals surface area contributed by atoms with Crippen molar-refractivity contribution in [1.29, 1.82) is 0 Å². The molecule has 1 aliphatic heterocycles. The first-order valence-corrected chi connectivity index (χ1v) is 14.3. The molecule has 0 fully saturated rings. The van der Waals surface area contributed by atoms with Gasteiger partial charge in [0.05, 0.1) is 29.3 Å². The van der Waals surface area contributed by atoms with E-state index in [4.69, 9.17) is 4.74 Å². The van der Waals surface area contributed by atoms with Crippen LogP contribution in [0.4, 0.5) is 5.00 Å². The van der Waals surface area contributed by atoms with Gasteiger partial charge in [-0.1, -0.05) is 30.0 Å². The van der Waals surface area contributed by atoms with Gasteiger partial charge in [0.2, 0.25) is 5.78 Å². The van der Waals surface area contributed by atoms with Crippen LogP contribution in [-0.2, 0) is 12.8 Å². The van der Waals surface area contributed by atoms with Gasteiger partial charge < -0.3 is 15.4 Å². The topological polar surface area (TPSA) is 103 Å². The van der Waals surface area contributed by atoms with Crippen LogP contribution in [0.1, 0.15) is 33.6 Å². The molecule has 11 heteroatoms. The molecule has 1 amide bonds. The molecule has 192 valence electrons. The smallest absolute Gasteiger partial charge is 0.267 e. The Morgan fingerprint density at radius 3 is 2.84 bits per heavy atom. The van der Waals surface area contributed by atoms with Crippen LogP contribution in [0.25, 0.3) is 22.4 Å². The second kappa shape index (κ2) is 9.17. The molecular formula is C27H24N6O3S2. The Morgan fingerprint density at radius 2 is 1.95 bits per heavy atom. The van der Waals surface area contributed by atoms with E-state index in [1.165, 1.54) is 28.6 Å². The number of aryl methyl sites for hydroxylation is 1. The highest BCUT2D eigenvalue weighted by atomic mass is 32.2. The van der Waals surface area contributed by atoms with Crippen LogP contribution in [0.3, 0.4) is 0 Å². The van der Waals surface area contributed by atoms with E-state index in [1.54, 1.807) is 29.1 Å². The van der Waals surface area contributed by atoms with Crippen LogP contribution in [0.5, 0.6) is 5.75 Å². The van der Waals surface area contributed by atoms with Gasteiger partial charge in [0.1, 0.15) is 16.9 Å². The first-order chi connectivity index (χ1) is 18.6. The predicted molar refractivity (Wildman–Crippen MR) is 149 cm³/mol. The van der Waals surface area contributed by atoms with E-state index in [9.17, 15) is 9.59 Å². The molecule has 5 aromatic rings. The zero-order chi connectivity index (χ0) is 25.8. The molecule has 2 aromatic carbocycles. The highest BCUT2D eigenvalue weighted by Gasteiger charge is 2.31. The summed E-state index contributed by atoms with van der Waals surface area (Å²) in [4.78, 5) is 27.9. The van der Waals surface area contributed by atoms with Crippen molar-refractivity contribution in [2.75, 3.05) is 18.2 Å². The van der Waals surface area contributed by atoms with Crippen molar-refractivity contribution >= 4 is 50.7 Å². The first-order valence-electron chi connectivity index (χ1n) is 12.5. The maximum absolute atomic E-state index is 13.6. The Balaban J connectivity index is 1.26. The highest BCUT2D eigenvalue weighted by Crippen LogP contribution is 2.40. The fraction of sp³-hybridized carbons (Fsp3) is 0.259. The van der Waals surface area contributed by atoms with E-state index in [-0.39, 0.29) is 17.6 Å². The molecule has 0 bridgehead atoms. The zero-order valence-electron chi connectivity index (χ0n) is 20.6. The number of para-hydroxylation sites is 1. The average molecular weight is 545 g/mol. The molecular weight excluding hydrogens is 520 g/mol. The molecule has 1 atom stereocenters. The molecule has 1 aliphatic carbocycles. The third-order valence-corrected chi connectivity index (χ3v) is 9.34. The average Bonchev–Trinajstić information content (AvgIpc) is 3.54. The summed E-state index contributed by atoms with van der Waals surface area (Å²) in [5.74, 6) is 1.59. The van der Waals surface area contributed by atoms with Gasteiger partial charge in [0, 0.05) is 16.7 Å². The summed E-state index contributed by atoms with van der Waals surface area (Å²) in [5.41, 5.74) is 3.24. The number of hydrogen-bond acceptors (Lipinski definition) is 8. The SMILES string of the molecule is COc1cccc(-n2c(=O)c3ccccc3n3c(SCC4NC(=O)c5c(sc6c5CCCC6)N4)nnc23)c1. The number of ether oxygens (including phenoxy) is 1. The van der Waals surface area contributed by atoms with Crippen LogP contribution < -0.4 is 20.9 Å². The van der Waals surface area contributed by atoms with Gasteiger partial charge in [-0.2, -0.15) is 0 Å². The summed E-state index contributed by atoms with van der Waals surface area (Å²) in [5, 5.41) is 17.7. The number of nitrogens with one attached hydrogen (secondary N) is 2.